The second-order valence-corrected chi connectivity index (χ2v) is 8.53. The van der Waals surface area contributed by atoms with Crippen LogP contribution in [0.4, 0.5) is 11.6 Å². The summed E-state index contributed by atoms with van der Waals surface area (Å²) in [6, 6.07) is 2.22. The molecule has 27 heavy (non-hydrogen) atoms. The van der Waals surface area contributed by atoms with Gasteiger partial charge >= 0.3 is 0 Å². The zero-order chi connectivity index (χ0) is 18.4. The molecule has 0 spiro atoms. The van der Waals surface area contributed by atoms with Gasteiger partial charge in [0.25, 0.3) is 0 Å². The summed E-state index contributed by atoms with van der Waals surface area (Å²) < 4.78 is 0. The molecule has 5 rings (SSSR count). The molecule has 0 bridgehead atoms. The van der Waals surface area contributed by atoms with Crippen LogP contribution in [-0.2, 0) is 12.8 Å². The highest BCUT2D eigenvalue weighted by Crippen LogP contribution is 2.40. The summed E-state index contributed by atoms with van der Waals surface area (Å²) in [4.78, 5) is 23.8. The van der Waals surface area contributed by atoms with Crippen LogP contribution in [0.5, 0.6) is 0 Å². The second-order valence-electron chi connectivity index (χ2n) is 7.76. The maximum absolute atomic E-state index is 4.81. The first-order chi connectivity index (χ1) is 13.2. The van der Waals surface area contributed by atoms with Crippen molar-refractivity contribution in [2.75, 3.05) is 42.2 Å². The van der Waals surface area contributed by atoms with Crippen LogP contribution in [0, 0.1) is 6.92 Å². The zero-order valence-electron chi connectivity index (χ0n) is 16.1. The molecular formula is C20H26N6S. The quantitative estimate of drug-likeness (QED) is 0.595. The van der Waals surface area contributed by atoms with Gasteiger partial charge in [0, 0.05) is 49.4 Å². The lowest BCUT2D eigenvalue weighted by molar-refractivity contribution is 0.632. The minimum absolute atomic E-state index is 0.658. The molecule has 2 aromatic rings. The molecule has 2 fully saturated rings. The average Bonchev–Trinajstić information content (AvgIpc) is 3.45. The Kier molecular flexibility index (Phi) is 4.42. The lowest BCUT2D eigenvalue weighted by atomic mass is 10.2. The van der Waals surface area contributed by atoms with Gasteiger partial charge in [-0.05, 0) is 45.3 Å². The molecule has 6 nitrogen and oxygen atoms in total. The Hall–Kier alpha value is -1.89. The molecule has 0 N–H and O–H groups in total. The summed E-state index contributed by atoms with van der Waals surface area (Å²) in [6.45, 7) is 5.95. The highest BCUT2D eigenvalue weighted by molar-refractivity contribution is 7.98. The summed E-state index contributed by atoms with van der Waals surface area (Å²) in [6.07, 6.45) is 8.05. The molecule has 2 aliphatic carbocycles. The van der Waals surface area contributed by atoms with Crippen molar-refractivity contribution in [1.29, 1.82) is 0 Å². The van der Waals surface area contributed by atoms with Gasteiger partial charge in [-0.15, -0.1) is 0 Å². The molecule has 1 saturated heterocycles. The fraction of sp³-hybridized carbons (Fsp3) is 0.600. The number of hydrogen-bond acceptors (Lipinski definition) is 7. The number of anilines is 2. The van der Waals surface area contributed by atoms with E-state index in [0.29, 0.717) is 5.92 Å². The summed E-state index contributed by atoms with van der Waals surface area (Å²) in [5, 5.41) is 0.904. The fourth-order valence-corrected chi connectivity index (χ4v) is 4.60. The minimum Gasteiger partial charge on any atom is -0.353 e. The van der Waals surface area contributed by atoms with Gasteiger partial charge in [0.05, 0.1) is 5.69 Å². The van der Waals surface area contributed by atoms with E-state index in [4.69, 9.17) is 15.0 Å². The minimum atomic E-state index is 0.658. The van der Waals surface area contributed by atoms with Gasteiger partial charge in [-0.25, -0.2) is 19.9 Å². The third kappa shape index (κ3) is 3.37. The highest BCUT2D eigenvalue weighted by Gasteiger charge is 2.29. The van der Waals surface area contributed by atoms with Crippen LogP contribution in [-0.4, -0.2) is 52.4 Å². The molecule has 0 amide bonds. The van der Waals surface area contributed by atoms with E-state index < -0.39 is 0 Å². The highest BCUT2D eigenvalue weighted by atomic mass is 32.2. The van der Waals surface area contributed by atoms with Crippen LogP contribution in [0.3, 0.4) is 0 Å². The van der Waals surface area contributed by atoms with E-state index in [-0.39, 0.29) is 0 Å². The van der Waals surface area contributed by atoms with Gasteiger partial charge in [-0.1, -0.05) is 11.8 Å². The number of piperazine rings is 1. The van der Waals surface area contributed by atoms with Crippen molar-refractivity contribution in [2.45, 2.75) is 50.1 Å². The summed E-state index contributed by atoms with van der Waals surface area (Å²) in [7, 11) is 0. The molecular weight excluding hydrogens is 356 g/mol. The average molecular weight is 383 g/mol. The number of hydrogen-bond donors (Lipinski definition) is 0. The smallest absolute Gasteiger partial charge is 0.189 e. The van der Waals surface area contributed by atoms with Gasteiger partial charge in [0.15, 0.2) is 5.16 Å². The topological polar surface area (TPSA) is 58.0 Å². The number of aryl methyl sites for hydroxylation is 2. The Balaban J connectivity index is 1.35. The molecule has 1 aliphatic heterocycles. The van der Waals surface area contributed by atoms with Gasteiger partial charge in [0.1, 0.15) is 17.5 Å². The van der Waals surface area contributed by atoms with Crippen molar-refractivity contribution >= 4 is 23.4 Å². The largest absolute Gasteiger partial charge is 0.353 e. The predicted molar refractivity (Wildman–Crippen MR) is 109 cm³/mol. The van der Waals surface area contributed by atoms with Crippen LogP contribution < -0.4 is 9.80 Å². The lowest BCUT2D eigenvalue weighted by Gasteiger charge is -2.37. The molecule has 0 aromatic carbocycles. The van der Waals surface area contributed by atoms with Gasteiger partial charge in [-0.3, -0.25) is 0 Å². The van der Waals surface area contributed by atoms with Crippen molar-refractivity contribution in [1.82, 2.24) is 19.9 Å². The van der Waals surface area contributed by atoms with Crippen LogP contribution in [0.15, 0.2) is 11.2 Å². The molecule has 2 aromatic heterocycles. The van der Waals surface area contributed by atoms with Crippen molar-refractivity contribution < 1.29 is 0 Å². The first-order valence-electron chi connectivity index (χ1n) is 10.0. The van der Waals surface area contributed by atoms with E-state index in [1.807, 2.05) is 6.92 Å². The Morgan fingerprint density at radius 1 is 0.963 bits per heavy atom. The normalized spacial score (nSPS) is 19.5. The summed E-state index contributed by atoms with van der Waals surface area (Å²) in [5.41, 5.74) is 3.89. The predicted octanol–water partition coefficient (Wildman–Crippen LogP) is 2.99. The molecule has 3 heterocycles. The first-order valence-corrected chi connectivity index (χ1v) is 11.2. The molecule has 0 unspecified atom stereocenters. The Bertz CT molecular complexity index is 858. The maximum atomic E-state index is 4.81. The first kappa shape index (κ1) is 17.2. The van der Waals surface area contributed by atoms with Crippen molar-refractivity contribution in [3.8, 4) is 0 Å². The molecule has 7 heteroatoms. The molecule has 1 saturated carbocycles. The zero-order valence-corrected chi connectivity index (χ0v) is 16.9. The number of nitrogens with zero attached hydrogens (tertiary/aromatic N) is 6. The molecule has 0 atom stereocenters. The number of thioether (sulfide) groups is 1. The SMILES string of the molecule is CSc1nc(C2CC2)cc(N2CCN(c3nc(C)nc4c3CCC4)CC2)n1. The third-order valence-electron chi connectivity index (χ3n) is 5.82. The fourth-order valence-electron chi connectivity index (χ4n) is 4.21. The second kappa shape index (κ2) is 6.93. The lowest BCUT2D eigenvalue weighted by Crippen LogP contribution is -2.47. The number of rotatable bonds is 4. The maximum Gasteiger partial charge on any atom is 0.189 e. The van der Waals surface area contributed by atoms with Gasteiger partial charge < -0.3 is 9.80 Å². The van der Waals surface area contributed by atoms with E-state index in [2.05, 4.69) is 27.1 Å². The van der Waals surface area contributed by atoms with Gasteiger partial charge in [0.2, 0.25) is 0 Å². The van der Waals surface area contributed by atoms with Crippen molar-refractivity contribution in [3.63, 3.8) is 0 Å². The van der Waals surface area contributed by atoms with Crippen LogP contribution >= 0.6 is 11.8 Å². The summed E-state index contributed by atoms with van der Waals surface area (Å²) in [5.74, 6) is 3.84. The van der Waals surface area contributed by atoms with E-state index in [1.165, 1.54) is 42.0 Å². The van der Waals surface area contributed by atoms with E-state index in [0.717, 1.165) is 55.8 Å². The Morgan fingerprint density at radius 3 is 2.48 bits per heavy atom. The number of aromatic nitrogens is 4. The van der Waals surface area contributed by atoms with Crippen LogP contribution in [0.25, 0.3) is 0 Å². The van der Waals surface area contributed by atoms with Crippen molar-refractivity contribution in [2.24, 2.45) is 0 Å². The number of fused-ring (bicyclic) bond motifs is 1. The Labute approximate surface area is 164 Å². The van der Waals surface area contributed by atoms with E-state index in [1.54, 1.807) is 11.8 Å². The van der Waals surface area contributed by atoms with Crippen LogP contribution in [0.2, 0.25) is 0 Å². The molecule has 142 valence electrons. The van der Waals surface area contributed by atoms with E-state index >= 15 is 0 Å². The van der Waals surface area contributed by atoms with Crippen molar-refractivity contribution in [3.05, 3.63) is 28.8 Å². The summed E-state index contributed by atoms with van der Waals surface area (Å²) >= 11 is 1.64. The van der Waals surface area contributed by atoms with Crippen LogP contribution in [0.1, 0.15) is 48.0 Å². The monoisotopic (exact) mass is 382 g/mol. The standard InChI is InChI=1S/C20H26N6S/c1-13-21-16-5-3-4-15(16)19(22-13)26-10-8-25(9-11-26)18-12-17(14-6-7-14)23-20(24-18)27-2/h12,14H,3-11H2,1-2H3. The van der Waals surface area contributed by atoms with E-state index in [9.17, 15) is 0 Å². The Morgan fingerprint density at radius 2 is 1.74 bits per heavy atom. The van der Waals surface area contributed by atoms with Gasteiger partial charge in [-0.2, -0.15) is 0 Å². The third-order valence-corrected chi connectivity index (χ3v) is 6.36. The molecule has 0 radical (unpaired) electrons. The molecule has 3 aliphatic rings.